The predicted octanol–water partition coefficient (Wildman–Crippen LogP) is 3.69. The SMILES string of the molecule is O=S(=O)(Nc1ccccc1C1=CCCC=N1)c1ccccc1. The van der Waals surface area contributed by atoms with Crippen LogP contribution in [-0.4, -0.2) is 14.6 Å². The van der Waals surface area contributed by atoms with Crippen molar-refractivity contribution in [1.82, 2.24) is 0 Å². The van der Waals surface area contributed by atoms with E-state index in [4.69, 9.17) is 0 Å². The standard InChI is InChI=1S/C17H16N2O2S/c20-22(21,14-8-2-1-3-9-14)19-17-12-5-4-10-15(17)16-11-6-7-13-18-16/h1-5,8-13,19H,6-7H2. The van der Waals surface area contributed by atoms with Crippen molar-refractivity contribution in [2.24, 2.45) is 4.99 Å². The van der Waals surface area contributed by atoms with Crippen molar-refractivity contribution >= 4 is 27.6 Å². The molecule has 0 saturated heterocycles. The quantitative estimate of drug-likeness (QED) is 0.936. The Morgan fingerprint density at radius 1 is 0.909 bits per heavy atom. The molecule has 0 amide bonds. The van der Waals surface area contributed by atoms with Crippen LogP contribution in [0.25, 0.3) is 5.70 Å². The molecule has 5 heteroatoms. The van der Waals surface area contributed by atoms with E-state index in [-0.39, 0.29) is 4.90 Å². The van der Waals surface area contributed by atoms with E-state index in [2.05, 4.69) is 9.71 Å². The summed E-state index contributed by atoms with van der Waals surface area (Å²) in [4.78, 5) is 4.61. The zero-order valence-electron chi connectivity index (χ0n) is 11.9. The maximum atomic E-state index is 12.5. The summed E-state index contributed by atoms with van der Waals surface area (Å²) < 4.78 is 27.6. The minimum absolute atomic E-state index is 0.242. The fourth-order valence-electron chi connectivity index (χ4n) is 2.29. The third-order valence-corrected chi connectivity index (χ3v) is 4.75. The molecule has 2 aromatic carbocycles. The van der Waals surface area contributed by atoms with Gasteiger partial charge in [-0.2, -0.15) is 0 Å². The van der Waals surface area contributed by atoms with Crippen LogP contribution in [0.3, 0.4) is 0 Å². The summed E-state index contributed by atoms with van der Waals surface area (Å²) in [6.07, 6.45) is 5.72. The Morgan fingerprint density at radius 3 is 2.36 bits per heavy atom. The number of hydrogen-bond donors (Lipinski definition) is 1. The van der Waals surface area contributed by atoms with Gasteiger partial charge in [0.05, 0.1) is 16.3 Å². The first-order valence-electron chi connectivity index (χ1n) is 7.07. The molecule has 0 unspecified atom stereocenters. The summed E-state index contributed by atoms with van der Waals surface area (Å²) in [6.45, 7) is 0. The summed E-state index contributed by atoms with van der Waals surface area (Å²) in [7, 11) is -3.60. The molecule has 0 aromatic heterocycles. The van der Waals surface area contributed by atoms with Gasteiger partial charge < -0.3 is 0 Å². The van der Waals surface area contributed by atoms with Gasteiger partial charge in [0.1, 0.15) is 0 Å². The van der Waals surface area contributed by atoms with E-state index in [0.29, 0.717) is 5.69 Å². The monoisotopic (exact) mass is 312 g/mol. The van der Waals surface area contributed by atoms with E-state index in [1.807, 2.05) is 24.4 Å². The van der Waals surface area contributed by atoms with Gasteiger partial charge in [-0.3, -0.25) is 9.71 Å². The molecule has 1 aliphatic rings. The summed E-state index contributed by atoms with van der Waals surface area (Å²) in [5.74, 6) is 0. The van der Waals surface area contributed by atoms with Gasteiger partial charge in [0.15, 0.2) is 0 Å². The van der Waals surface area contributed by atoms with Gasteiger partial charge in [0.2, 0.25) is 0 Å². The normalized spacial score (nSPS) is 14.5. The van der Waals surface area contributed by atoms with Crippen molar-refractivity contribution in [1.29, 1.82) is 0 Å². The largest absolute Gasteiger partial charge is 0.279 e. The molecule has 1 aliphatic heterocycles. The lowest BCUT2D eigenvalue weighted by atomic mass is 10.1. The van der Waals surface area contributed by atoms with Crippen molar-refractivity contribution in [3.63, 3.8) is 0 Å². The Bertz CT molecular complexity index is 825. The number of para-hydroxylation sites is 1. The van der Waals surface area contributed by atoms with E-state index in [0.717, 1.165) is 24.1 Å². The topological polar surface area (TPSA) is 58.5 Å². The van der Waals surface area contributed by atoms with Crippen LogP contribution in [0.2, 0.25) is 0 Å². The Hall–Kier alpha value is -2.40. The van der Waals surface area contributed by atoms with Crippen molar-refractivity contribution in [3.8, 4) is 0 Å². The third kappa shape index (κ3) is 3.09. The number of nitrogens with zero attached hydrogens (tertiary/aromatic N) is 1. The molecule has 112 valence electrons. The van der Waals surface area contributed by atoms with E-state index in [1.165, 1.54) is 0 Å². The van der Waals surface area contributed by atoms with Gasteiger partial charge in [-0.15, -0.1) is 0 Å². The smallest absolute Gasteiger partial charge is 0.261 e. The highest BCUT2D eigenvalue weighted by Gasteiger charge is 2.16. The van der Waals surface area contributed by atoms with Crippen molar-refractivity contribution in [2.45, 2.75) is 17.7 Å². The fourth-order valence-corrected chi connectivity index (χ4v) is 3.39. The fraction of sp³-hybridized carbons (Fsp3) is 0.118. The molecule has 2 aromatic rings. The zero-order chi connectivity index (χ0) is 15.4. The van der Waals surface area contributed by atoms with Gasteiger partial charge in [-0.1, -0.05) is 42.5 Å². The van der Waals surface area contributed by atoms with Gasteiger partial charge in [0, 0.05) is 11.8 Å². The lowest BCUT2D eigenvalue weighted by Crippen LogP contribution is -2.14. The minimum Gasteiger partial charge on any atom is -0.279 e. The number of anilines is 1. The van der Waals surface area contributed by atoms with Crippen LogP contribution < -0.4 is 4.72 Å². The zero-order valence-corrected chi connectivity index (χ0v) is 12.8. The number of hydrogen-bond acceptors (Lipinski definition) is 3. The summed E-state index contributed by atoms with van der Waals surface area (Å²) in [6, 6.07) is 15.6. The van der Waals surface area contributed by atoms with Crippen LogP contribution in [0.5, 0.6) is 0 Å². The van der Waals surface area contributed by atoms with Gasteiger partial charge >= 0.3 is 0 Å². The van der Waals surface area contributed by atoms with Crippen molar-refractivity contribution < 1.29 is 8.42 Å². The molecule has 0 fully saturated rings. The summed E-state index contributed by atoms with van der Waals surface area (Å²) >= 11 is 0. The van der Waals surface area contributed by atoms with E-state index in [9.17, 15) is 8.42 Å². The third-order valence-electron chi connectivity index (χ3n) is 3.36. The van der Waals surface area contributed by atoms with Gasteiger partial charge in [0.25, 0.3) is 10.0 Å². The molecular formula is C17H16N2O2S. The van der Waals surface area contributed by atoms with E-state index in [1.54, 1.807) is 42.5 Å². The molecule has 0 aliphatic carbocycles. The van der Waals surface area contributed by atoms with Crippen molar-refractivity contribution in [3.05, 3.63) is 66.2 Å². The Morgan fingerprint density at radius 2 is 1.64 bits per heavy atom. The second-order valence-corrected chi connectivity index (χ2v) is 6.62. The van der Waals surface area contributed by atoms with Crippen molar-refractivity contribution in [2.75, 3.05) is 4.72 Å². The lowest BCUT2D eigenvalue weighted by molar-refractivity contribution is 0.601. The molecule has 0 radical (unpaired) electrons. The molecule has 1 N–H and O–H groups in total. The molecule has 0 spiro atoms. The minimum atomic E-state index is -3.60. The molecule has 0 atom stereocenters. The Kier molecular flexibility index (Phi) is 4.06. The van der Waals surface area contributed by atoms with Crippen LogP contribution in [-0.2, 0) is 10.0 Å². The second-order valence-electron chi connectivity index (χ2n) is 4.94. The molecular weight excluding hydrogens is 296 g/mol. The van der Waals surface area contributed by atoms with Crippen LogP contribution in [0.1, 0.15) is 18.4 Å². The van der Waals surface area contributed by atoms with Crippen LogP contribution in [0.4, 0.5) is 5.69 Å². The van der Waals surface area contributed by atoms with Gasteiger partial charge in [-0.25, -0.2) is 8.42 Å². The molecule has 0 bridgehead atoms. The average Bonchev–Trinajstić information content (AvgIpc) is 2.57. The highest BCUT2D eigenvalue weighted by molar-refractivity contribution is 7.92. The van der Waals surface area contributed by atoms with E-state index < -0.39 is 10.0 Å². The Labute approximate surface area is 130 Å². The number of allylic oxidation sites excluding steroid dienone is 1. The lowest BCUT2D eigenvalue weighted by Gasteiger charge is -2.14. The number of rotatable bonds is 4. The first-order chi connectivity index (χ1) is 10.7. The molecule has 4 nitrogen and oxygen atoms in total. The first-order valence-corrected chi connectivity index (χ1v) is 8.55. The first kappa shape index (κ1) is 14.5. The number of sulfonamides is 1. The maximum absolute atomic E-state index is 12.5. The molecule has 22 heavy (non-hydrogen) atoms. The second kappa shape index (κ2) is 6.15. The van der Waals surface area contributed by atoms with Gasteiger partial charge in [-0.05, 0) is 31.0 Å². The highest BCUT2D eigenvalue weighted by atomic mass is 32.2. The number of benzene rings is 2. The average molecular weight is 312 g/mol. The molecule has 1 heterocycles. The summed E-state index contributed by atoms with van der Waals surface area (Å²) in [5.41, 5.74) is 2.13. The highest BCUT2D eigenvalue weighted by Crippen LogP contribution is 2.28. The van der Waals surface area contributed by atoms with Crippen LogP contribution in [0, 0.1) is 0 Å². The van der Waals surface area contributed by atoms with E-state index >= 15 is 0 Å². The number of aliphatic imine (C=N–C) groups is 1. The predicted molar refractivity (Wildman–Crippen MR) is 89.4 cm³/mol. The molecule has 3 rings (SSSR count). The van der Waals surface area contributed by atoms with Crippen LogP contribution in [0.15, 0.2) is 70.6 Å². The number of nitrogens with one attached hydrogen (secondary N) is 1. The summed E-state index contributed by atoms with van der Waals surface area (Å²) in [5, 5.41) is 0. The van der Waals surface area contributed by atoms with Crippen LogP contribution >= 0.6 is 0 Å². The molecule has 0 saturated carbocycles. The maximum Gasteiger partial charge on any atom is 0.261 e. The Balaban J connectivity index is 1.97.